The van der Waals surface area contributed by atoms with E-state index in [0.29, 0.717) is 36.2 Å². The largest absolute Gasteiger partial charge is 0.504 e. The molecule has 0 radical (unpaired) electrons. The molecule has 2 aromatic rings. The molecule has 0 aliphatic heterocycles. The maximum atomic E-state index is 10.4. The first-order chi connectivity index (χ1) is 11.1. The molecule has 0 saturated heterocycles. The third-order valence-electron chi connectivity index (χ3n) is 2.80. The van der Waals surface area contributed by atoms with Gasteiger partial charge in [0, 0.05) is 5.56 Å². The van der Waals surface area contributed by atoms with Gasteiger partial charge in [-0.1, -0.05) is 6.07 Å². The van der Waals surface area contributed by atoms with Crippen molar-refractivity contribution in [1.29, 1.82) is 0 Å². The van der Waals surface area contributed by atoms with Crippen molar-refractivity contribution >= 4 is 12.6 Å². The number of hydrogen-bond acceptors (Lipinski definition) is 6. The fourth-order valence-corrected chi connectivity index (χ4v) is 1.67. The number of methoxy groups -OCH3 is 1. The van der Waals surface area contributed by atoms with Gasteiger partial charge in [-0.2, -0.15) is 0 Å². The molecule has 2 N–H and O–H groups in total. The molecule has 0 saturated carbocycles. The molecule has 122 valence electrons. The van der Waals surface area contributed by atoms with E-state index in [1.54, 1.807) is 12.1 Å². The third-order valence-corrected chi connectivity index (χ3v) is 2.80. The number of phenols is 2. The van der Waals surface area contributed by atoms with Crippen LogP contribution in [-0.4, -0.2) is 36.5 Å². The van der Waals surface area contributed by atoms with Crippen molar-refractivity contribution < 1.29 is 29.3 Å². The predicted molar refractivity (Wildman–Crippen MR) is 84.7 cm³/mol. The Bertz CT molecular complexity index is 666. The van der Waals surface area contributed by atoms with Gasteiger partial charge in [0.25, 0.3) is 0 Å². The van der Waals surface area contributed by atoms with Crippen molar-refractivity contribution in [1.82, 2.24) is 0 Å². The zero-order valence-corrected chi connectivity index (χ0v) is 12.9. The Labute approximate surface area is 133 Å². The van der Waals surface area contributed by atoms with Crippen molar-refractivity contribution in [3.05, 3.63) is 47.5 Å². The summed E-state index contributed by atoms with van der Waals surface area (Å²) in [7, 11) is 1.43. The highest BCUT2D eigenvalue weighted by molar-refractivity contribution is 5.80. The smallest absolute Gasteiger partial charge is 0.168 e. The number of aldehydes is 2. The molecule has 6 heteroatoms. The summed E-state index contributed by atoms with van der Waals surface area (Å²) in [5.74, 6) is 0.615. The van der Waals surface area contributed by atoms with E-state index in [0.717, 1.165) is 0 Å². The first kappa shape index (κ1) is 18.0. The average molecular weight is 318 g/mol. The summed E-state index contributed by atoms with van der Waals surface area (Å²) in [5, 5.41) is 18.5. The normalized spacial score (nSPS) is 9.30. The lowest BCUT2D eigenvalue weighted by atomic mass is 10.2. The summed E-state index contributed by atoms with van der Waals surface area (Å²) in [6.07, 6.45) is 1.29. The summed E-state index contributed by atoms with van der Waals surface area (Å²) >= 11 is 0. The second kappa shape index (κ2) is 9.09. The zero-order valence-electron chi connectivity index (χ0n) is 12.9. The topological polar surface area (TPSA) is 93.1 Å². The Morgan fingerprint density at radius 2 is 1.78 bits per heavy atom. The Morgan fingerprint density at radius 3 is 2.35 bits per heavy atom. The van der Waals surface area contributed by atoms with Gasteiger partial charge >= 0.3 is 0 Å². The molecule has 2 aromatic carbocycles. The molecule has 0 bridgehead atoms. The molecule has 0 fully saturated rings. The molecule has 23 heavy (non-hydrogen) atoms. The van der Waals surface area contributed by atoms with E-state index in [4.69, 9.17) is 14.6 Å². The van der Waals surface area contributed by atoms with Crippen LogP contribution in [0.25, 0.3) is 0 Å². The molecule has 6 nitrogen and oxygen atoms in total. The monoisotopic (exact) mass is 318 g/mol. The van der Waals surface area contributed by atoms with Crippen LogP contribution in [0, 0.1) is 0 Å². The first-order valence-corrected chi connectivity index (χ1v) is 6.79. The van der Waals surface area contributed by atoms with E-state index in [1.807, 2.05) is 6.92 Å². The molecule has 0 heterocycles. The molecule has 0 atom stereocenters. The average Bonchev–Trinajstić information content (AvgIpc) is 2.58. The number of rotatable bonds is 5. The van der Waals surface area contributed by atoms with Crippen molar-refractivity contribution in [2.75, 3.05) is 13.7 Å². The lowest BCUT2D eigenvalue weighted by Crippen LogP contribution is -1.93. The Morgan fingerprint density at radius 1 is 1.04 bits per heavy atom. The number of benzene rings is 2. The van der Waals surface area contributed by atoms with Crippen LogP contribution in [-0.2, 0) is 0 Å². The summed E-state index contributed by atoms with van der Waals surface area (Å²) < 4.78 is 9.85. The first-order valence-electron chi connectivity index (χ1n) is 6.79. The number of ether oxygens (including phenoxy) is 2. The van der Waals surface area contributed by atoms with Gasteiger partial charge in [0.05, 0.1) is 19.3 Å². The van der Waals surface area contributed by atoms with Gasteiger partial charge in [0.1, 0.15) is 6.29 Å². The minimum atomic E-state index is -0.0886. The van der Waals surface area contributed by atoms with Crippen LogP contribution in [0.4, 0.5) is 0 Å². The van der Waals surface area contributed by atoms with Gasteiger partial charge in [0.15, 0.2) is 29.3 Å². The maximum Gasteiger partial charge on any atom is 0.168 e. The zero-order chi connectivity index (χ0) is 17.2. The van der Waals surface area contributed by atoms with Crippen molar-refractivity contribution in [3.63, 3.8) is 0 Å². The van der Waals surface area contributed by atoms with E-state index in [1.165, 1.54) is 31.4 Å². The van der Waals surface area contributed by atoms with Crippen molar-refractivity contribution in [2.45, 2.75) is 6.92 Å². The number of hydrogen-bond donors (Lipinski definition) is 2. The highest BCUT2D eigenvalue weighted by Crippen LogP contribution is 2.28. The molecule has 0 spiro atoms. The third kappa shape index (κ3) is 5.03. The number of carbonyl (C=O) groups excluding carboxylic acids is 2. The standard InChI is InChI=1S/C9H10O3.C8H8O3/c1-2-12-8-5-3-4-7(6-10)9(8)11;1-11-8-4-6(5-9)2-3-7(8)10/h3-6,11H,2H2,1H3;2-5,10H,1H3. The molecule has 0 amide bonds. The van der Waals surface area contributed by atoms with Gasteiger partial charge in [-0.25, -0.2) is 0 Å². The second-order valence-electron chi connectivity index (χ2n) is 4.29. The van der Waals surface area contributed by atoms with E-state index >= 15 is 0 Å². The lowest BCUT2D eigenvalue weighted by molar-refractivity contribution is 0.111. The number of phenolic OH excluding ortho intramolecular Hbond substituents is 2. The van der Waals surface area contributed by atoms with E-state index < -0.39 is 0 Å². The quantitative estimate of drug-likeness (QED) is 0.823. The van der Waals surface area contributed by atoms with E-state index in [-0.39, 0.29) is 17.1 Å². The van der Waals surface area contributed by atoms with Crippen molar-refractivity contribution in [2.24, 2.45) is 0 Å². The van der Waals surface area contributed by atoms with Crippen LogP contribution in [0.2, 0.25) is 0 Å². The minimum absolute atomic E-state index is 0.0399. The highest BCUT2D eigenvalue weighted by Gasteiger charge is 2.05. The fourth-order valence-electron chi connectivity index (χ4n) is 1.67. The van der Waals surface area contributed by atoms with Crippen LogP contribution in [0.1, 0.15) is 27.6 Å². The molecule has 0 aromatic heterocycles. The molecule has 0 aliphatic rings. The Hall–Kier alpha value is -3.02. The molecule has 2 rings (SSSR count). The van der Waals surface area contributed by atoms with Crippen LogP contribution in [0.5, 0.6) is 23.0 Å². The summed E-state index contributed by atoms with van der Waals surface area (Å²) in [5.41, 5.74) is 0.737. The fraction of sp³-hybridized carbons (Fsp3) is 0.176. The number of para-hydroxylation sites is 1. The van der Waals surface area contributed by atoms with Crippen LogP contribution in [0.15, 0.2) is 36.4 Å². The van der Waals surface area contributed by atoms with Gasteiger partial charge in [0.2, 0.25) is 0 Å². The predicted octanol–water partition coefficient (Wildman–Crippen LogP) is 2.82. The molecular weight excluding hydrogens is 300 g/mol. The maximum absolute atomic E-state index is 10.4. The molecule has 0 aliphatic carbocycles. The molecule has 0 unspecified atom stereocenters. The van der Waals surface area contributed by atoms with Crippen LogP contribution < -0.4 is 9.47 Å². The minimum Gasteiger partial charge on any atom is -0.504 e. The number of carbonyl (C=O) groups is 2. The summed E-state index contributed by atoms with van der Waals surface area (Å²) in [6, 6.07) is 9.22. The van der Waals surface area contributed by atoms with Crippen LogP contribution in [0.3, 0.4) is 0 Å². The van der Waals surface area contributed by atoms with Gasteiger partial charge in [-0.15, -0.1) is 0 Å². The summed E-state index contributed by atoms with van der Waals surface area (Å²) in [6.45, 7) is 2.28. The van der Waals surface area contributed by atoms with Crippen molar-refractivity contribution in [3.8, 4) is 23.0 Å². The van der Waals surface area contributed by atoms with Crippen LogP contribution >= 0.6 is 0 Å². The molecular formula is C17H18O6. The lowest BCUT2D eigenvalue weighted by Gasteiger charge is -2.05. The Balaban J connectivity index is 0.000000231. The number of aromatic hydroxyl groups is 2. The Kier molecular flexibility index (Phi) is 7.13. The SMILES string of the molecule is CCOc1cccc(C=O)c1O.COc1cc(C=O)ccc1O. The van der Waals surface area contributed by atoms with Gasteiger partial charge in [-0.3, -0.25) is 9.59 Å². The van der Waals surface area contributed by atoms with Gasteiger partial charge < -0.3 is 19.7 Å². The van der Waals surface area contributed by atoms with Gasteiger partial charge in [-0.05, 0) is 37.3 Å². The highest BCUT2D eigenvalue weighted by atomic mass is 16.5. The van der Waals surface area contributed by atoms with E-state index in [2.05, 4.69) is 0 Å². The second-order valence-corrected chi connectivity index (χ2v) is 4.29. The van der Waals surface area contributed by atoms with E-state index in [9.17, 15) is 14.7 Å². The summed E-state index contributed by atoms with van der Waals surface area (Å²) in [4.78, 5) is 20.6.